The molecule has 1 fully saturated rings. The molecule has 1 heterocycles. The third-order valence-corrected chi connectivity index (χ3v) is 3.92. The van der Waals surface area contributed by atoms with Gasteiger partial charge in [0, 0.05) is 6.54 Å². The lowest BCUT2D eigenvalue weighted by molar-refractivity contribution is -0.124. The molecule has 122 valence electrons. The monoisotopic (exact) mass is 306 g/mol. The standard InChI is InChI=1S/C17H26N2O3/c1-12(2)22-15-8-7-13(10-16(15)21-3)11-19-9-5-4-6-14(19)17(18)20/h7-8,10,12,14H,4-6,9,11H2,1-3H3,(H2,18,20)/t14-/m0/s1. The van der Waals surface area contributed by atoms with Gasteiger partial charge < -0.3 is 15.2 Å². The number of benzene rings is 1. The first-order chi connectivity index (χ1) is 10.5. The number of carbonyl (C=O) groups excluding carboxylic acids is 1. The second-order valence-electron chi connectivity index (χ2n) is 6.04. The average Bonchev–Trinajstić information content (AvgIpc) is 2.48. The molecule has 2 N–H and O–H groups in total. The van der Waals surface area contributed by atoms with Crippen LogP contribution in [0.15, 0.2) is 18.2 Å². The summed E-state index contributed by atoms with van der Waals surface area (Å²) in [6.07, 6.45) is 3.12. The van der Waals surface area contributed by atoms with Crippen LogP contribution in [0.2, 0.25) is 0 Å². The molecule has 0 bridgehead atoms. The molecule has 1 aliphatic rings. The Kier molecular flexibility index (Phi) is 5.66. The van der Waals surface area contributed by atoms with Crippen LogP contribution >= 0.6 is 0 Å². The van der Waals surface area contributed by atoms with Crippen LogP contribution in [0.25, 0.3) is 0 Å². The van der Waals surface area contributed by atoms with Gasteiger partial charge in [-0.2, -0.15) is 0 Å². The number of piperidine rings is 1. The van der Waals surface area contributed by atoms with E-state index in [2.05, 4.69) is 4.90 Å². The Hall–Kier alpha value is -1.75. The quantitative estimate of drug-likeness (QED) is 0.876. The van der Waals surface area contributed by atoms with Crippen LogP contribution in [0.4, 0.5) is 0 Å². The molecule has 5 heteroatoms. The summed E-state index contributed by atoms with van der Waals surface area (Å²) in [5.41, 5.74) is 6.62. The second-order valence-corrected chi connectivity index (χ2v) is 6.04. The number of ether oxygens (including phenoxy) is 2. The number of amides is 1. The summed E-state index contributed by atoms with van der Waals surface area (Å²) < 4.78 is 11.1. The molecular weight excluding hydrogens is 280 g/mol. The van der Waals surface area contributed by atoms with E-state index in [1.807, 2.05) is 32.0 Å². The van der Waals surface area contributed by atoms with Crippen LogP contribution < -0.4 is 15.2 Å². The number of primary amides is 1. The fraction of sp³-hybridized carbons (Fsp3) is 0.588. The second kappa shape index (κ2) is 7.49. The molecule has 5 nitrogen and oxygen atoms in total. The molecule has 0 spiro atoms. The molecule has 2 rings (SSSR count). The fourth-order valence-electron chi connectivity index (χ4n) is 2.90. The van der Waals surface area contributed by atoms with Crippen molar-refractivity contribution in [3.63, 3.8) is 0 Å². The molecule has 0 unspecified atom stereocenters. The van der Waals surface area contributed by atoms with E-state index in [1.165, 1.54) is 0 Å². The first-order valence-corrected chi connectivity index (χ1v) is 7.88. The Labute approximate surface area is 132 Å². The van der Waals surface area contributed by atoms with Crippen LogP contribution in [0.1, 0.15) is 38.7 Å². The number of likely N-dealkylation sites (tertiary alicyclic amines) is 1. The summed E-state index contributed by atoms with van der Waals surface area (Å²) in [7, 11) is 1.64. The van der Waals surface area contributed by atoms with Crippen molar-refractivity contribution in [2.24, 2.45) is 5.73 Å². The number of rotatable bonds is 6. The van der Waals surface area contributed by atoms with Gasteiger partial charge in [-0.3, -0.25) is 9.69 Å². The molecule has 0 saturated carbocycles. The number of hydrogen-bond donors (Lipinski definition) is 1. The van der Waals surface area contributed by atoms with Gasteiger partial charge in [-0.1, -0.05) is 12.5 Å². The first kappa shape index (κ1) is 16.6. The predicted molar refractivity (Wildman–Crippen MR) is 86.0 cm³/mol. The van der Waals surface area contributed by atoms with Crippen LogP contribution in [-0.2, 0) is 11.3 Å². The van der Waals surface area contributed by atoms with Crippen molar-refractivity contribution in [2.45, 2.75) is 51.8 Å². The van der Waals surface area contributed by atoms with Gasteiger partial charge in [-0.25, -0.2) is 0 Å². The van der Waals surface area contributed by atoms with Crippen molar-refractivity contribution in [3.05, 3.63) is 23.8 Å². The maximum absolute atomic E-state index is 11.6. The smallest absolute Gasteiger partial charge is 0.234 e. The average molecular weight is 306 g/mol. The Balaban J connectivity index is 2.13. The highest BCUT2D eigenvalue weighted by atomic mass is 16.5. The molecule has 1 aliphatic heterocycles. The van der Waals surface area contributed by atoms with E-state index in [0.717, 1.165) is 42.9 Å². The van der Waals surface area contributed by atoms with E-state index in [-0.39, 0.29) is 18.1 Å². The largest absolute Gasteiger partial charge is 0.493 e. The van der Waals surface area contributed by atoms with Gasteiger partial charge in [-0.15, -0.1) is 0 Å². The summed E-state index contributed by atoms with van der Waals surface area (Å²) in [4.78, 5) is 13.7. The SMILES string of the molecule is COc1cc(CN2CCCC[C@H]2C(N)=O)ccc1OC(C)C. The van der Waals surface area contributed by atoms with Gasteiger partial charge in [0.2, 0.25) is 5.91 Å². The third kappa shape index (κ3) is 4.13. The molecular formula is C17H26N2O3. The summed E-state index contributed by atoms with van der Waals surface area (Å²) in [6, 6.07) is 5.76. The van der Waals surface area contributed by atoms with E-state index in [9.17, 15) is 4.79 Å². The topological polar surface area (TPSA) is 64.8 Å². The predicted octanol–water partition coefficient (Wildman–Crippen LogP) is 2.32. The van der Waals surface area contributed by atoms with Crippen LogP contribution in [0, 0.1) is 0 Å². The molecule has 1 amide bonds. The van der Waals surface area contributed by atoms with Gasteiger partial charge in [0.05, 0.1) is 19.3 Å². The number of hydrogen-bond acceptors (Lipinski definition) is 4. The van der Waals surface area contributed by atoms with Crippen LogP contribution in [0.5, 0.6) is 11.5 Å². The molecule has 1 saturated heterocycles. The van der Waals surface area contributed by atoms with Crippen molar-refractivity contribution < 1.29 is 14.3 Å². The van der Waals surface area contributed by atoms with E-state index in [1.54, 1.807) is 7.11 Å². The molecule has 0 radical (unpaired) electrons. The highest BCUT2D eigenvalue weighted by Crippen LogP contribution is 2.30. The zero-order valence-corrected chi connectivity index (χ0v) is 13.7. The van der Waals surface area contributed by atoms with Crippen molar-refractivity contribution in [3.8, 4) is 11.5 Å². The summed E-state index contributed by atoms with van der Waals surface area (Å²) >= 11 is 0. The lowest BCUT2D eigenvalue weighted by atomic mass is 10.0. The highest BCUT2D eigenvalue weighted by Gasteiger charge is 2.26. The van der Waals surface area contributed by atoms with Gasteiger partial charge in [-0.05, 0) is 50.9 Å². The molecule has 0 aromatic heterocycles. The van der Waals surface area contributed by atoms with Gasteiger partial charge in [0.15, 0.2) is 11.5 Å². The molecule has 22 heavy (non-hydrogen) atoms. The molecule has 1 aromatic carbocycles. The Morgan fingerprint density at radius 2 is 2.14 bits per heavy atom. The summed E-state index contributed by atoms with van der Waals surface area (Å²) in [5.74, 6) is 1.23. The lowest BCUT2D eigenvalue weighted by Crippen LogP contribution is -2.47. The van der Waals surface area contributed by atoms with Crippen molar-refractivity contribution in [1.82, 2.24) is 4.90 Å². The maximum Gasteiger partial charge on any atom is 0.234 e. The van der Waals surface area contributed by atoms with Crippen molar-refractivity contribution in [2.75, 3.05) is 13.7 Å². The van der Waals surface area contributed by atoms with Crippen LogP contribution in [-0.4, -0.2) is 36.6 Å². The van der Waals surface area contributed by atoms with E-state index in [0.29, 0.717) is 6.54 Å². The Morgan fingerprint density at radius 3 is 2.77 bits per heavy atom. The maximum atomic E-state index is 11.6. The number of carbonyl (C=O) groups is 1. The minimum absolute atomic E-state index is 0.0982. The Morgan fingerprint density at radius 1 is 1.36 bits per heavy atom. The highest BCUT2D eigenvalue weighted by molar-refractivity contribution is 5.79. The minimum Gasteiger partial charge on any atom is -0.493 e. The number of methoxy groups -OCH3 is 1. The zero-order valence-electron chi connectivity index (χ0n) is 13.7. The minimum atomic E-state index is -0.230. The van der Waals surface area contributed by atoms with E-state index >= 15 is 0 Å². The van der Waals surface area contributed by atoms with Crippen LogP contribution in [0.3, 0.4) is 0 Å². The van der Waals surface area contributed by atoms with Crippen molar-refractivity contribution >= 4 is 5.91 Å². The fourth-order valence-corrected chi connectivity index (χ4v) is 2.90. The van der Waals surface area contributed by atoms with Gasteiger partial charge in [0.25, 0.3) is 0 Å². The summed E-state index contributed by atoms with van der Waals surface area (Å²) in [6.45, 7) is 5.57. The van der Waals surface area contributed by atoms with E-state index in [4.69, 9.17) is 15.2 Å². The number of nitrogens with two attached hydrogens (primary N) is 1. The third-order valence-electron chi connectivity index (χ3n) is 3.92. The summed E-state index contributed by atoms with van der Waals surface area (Å²) in [5, 5.41) is 0. The molecule has 0 aliphatic carbocycles. The molecule has 1 atom stereocenters. The van der Waals surface area contributed by atoms with Crippen molar-refractivity contribution in [1.29, 1.82) is 0 Å². The van der Waals surface area contributed by atoms with Gasteiger partial charge in [0.1, 0.15) is 0 Å². The Bertz CT molecular complexity index is 517. The van der Waals surface area contributed by atoms with Gasteiger partial charge >= 0.3 is 0 Å². The lowest BCUT2D eigenvalue weighted by Gasteiger charge is -2.33. The number of nitrogens with zero attached hydrogens (tertiary/aromatic N) is 1. The normalized spacial score (nSPS) is 19.2. The zero-order chi connectivity index (χ0) is 16.1. The first-order valence-electron chi connectivity index (χ1n) is 7.88. The van der Waals surface area contributed by atoms with E-state index < -0.39 is 0 Å². The molecule has 1 aromatic rings.